The van der Waals surface area contributed by atoms with Gasteiger partial charge in [0.05, 0.1) is 6.61 Å². The Morgan fingerprint density at radius 1 is 1.25 bits per heavy atom. The normalized spacial score (nSPS) is 12.2. The van der Waals surface area contributed by atoms with Gasteiger partial charge in [0.15, 0.2) is 0 Å². The van der Waals surface area contributed by atoms with Crippen molar-refractivity contribution >= 4 is 0 Å². The summed E-state index contributed by atoms with van der Waals surface area (Å²) in [4.78, 5) is 0. The summed E-state index contributed by atoms with van der Waals surface area (Å²) < 4.78 is 27.7. The maximum atomic E-state index is 14.1. The Hall–Kier alpha value is -0.960. The SMILES string of the molecule is CC(C)c1ccc(F)c(C(C)(C)CO)c1F. The molecule has 1 nitrogen and oxygen atoms in total. The summed E-state index contributed by atoms with van der Waals surface area (Å²) >= 11 is 0. The van der Waals surface area contributed by atoms with E-state index in [0.717, 1.165) is 0 Å². The second-order valence-corrected chi connectivity index (χ2v) is 5.02. The Balaban J connectivity index is 3.43. The van der Waals surface area contributed by atoms with Gasteiger partial charge in [-0.25, -0.2) is 8.78 Å². The van der Waals surface area contributed by atoms with E-state index in [1.165, 1.54) is 12.1 Å². The van der Waals surface area contributed by atoms with Crippen LogP contribution in [0.4, 0.5) is 8.78 Å². The molecule has 0 unspecified atom stereocenters. The minimum absolute atomic E-state index is 0.00570. The van der Waals surface area contributed by atoms with Crippen LogP contribution in [-0.4, -0.2) is 11.7 Å². The van der Waals surface area contributed by atoms with Crippen LogP contribution in [0.1, 0.15) is 44.7 Å². The quantitative estimate of drug-likeness (QED) is 0.841. The van der Waals surface area contributed by atoms with Crippen molar-refractivity contribution in [1.29, 1.82) is 0 Å². The van der Waals surface area contributed by atoms with Crippen molar-refractivity contribution in [1.82, 2.24) is 0 Å². The molecule has 0 amide bonds. The molecule has 0 fully saturated rings. The van der Waals surface area contributed by atoms with Crippen LogP contribution < -0.4 is 0 Å². The van der Waals surface area contributed by atoms with Crippen LogP contribution in [0.5, 0.6) is 0 Å². The van der Waals surface area contributed by atoms with E-state index in [1.807, 2.05) is 13.8 Å². The van der Waals surface area contributed by atoms with Crippen LogP contribution in [0.3, 0.4) is 0 Å². The predicted octanol–water partition coefficient (Wildman–Crippen LogP) is 3.36. The van der Waals surface area contributed by atoms with Gasteiger partial charge in [0.1, 0.15) is 11.6 Å². The predicted molar refractivity (Wildman–Crippen MR) is 60.6 cm³/mol. The Morgan fingerprint density at radius 3 is 2.25 bits per heavy atom. The van der Waals surface area contributed by atoms with Gasteiger partial charge in [-0.1, -0.05) is 33.8 Å². The number of hydrogen-bond donors (Lipinski definition) is 1. The average molecular weight is 228 g/mol. The highest BCUT2D eigenvalue weighted by atomic mass is 19.1. The van der Waals surface area contributed by atoms with Gasteiger partial charge in [0.2, 0.25) is 0 Å². The summed E-state index contributed by atoms with van der Waals surface area (Å²) in [5, 5.41) is 9.19. The molecular formula is C13H18F2O. The van der Waals surface area contributed by atoms with Crippen molar-refractivity contribution in [3.8, 4) is 0 Å². The number of aliphatic hydroxyl groups is 1. The molecule has 0 radical (unpaired) electrons. The molecule has 0 aliphatic rings. The van der Waals surface area contributed by atoms with Crippen LogP contribution in [0.2, 0.25) is 0 Å². The third-order valence-corrected chi connectivity index (χ3v) is 2.82. The Kier molecular flexibility index (Phi) is 3.68. The van der Waals surface area contributed by atoms with Gasteiger partial charge in [-0.3, -0.25) is 0 Å². The van der Waals surface area contributed by atoms with E-state index in [2.05, 4.69) is 0 Å². The molecule has 0 saturated carbocycles. The molecule has 1 N–H and O–H groups in total. The van der Waals surface area contributed by atoms with Gasteiger partial charge < -0.3 is 5.11 Å². The summed E-state index contributed by atoms with van der Waals surface area (Å²) in [5.74, 6) is -1.14. The minimum atomic E-state index is -0.904. The third-order valence-electron chi connectivity index (χ3n) is 2.82. The van der Waals surface area contributed by atoms with Crippen molar-refractivity contribution in [3.05, 3.63) is 34.9 Å². The highest BCUT2D eigenvalue weighted by Crippen LogP contribution is 2.32. The van der Waals surface area contributed by atoms with Crippen LogP contribution in [0, 0.1) is 11.6 Å². The van der Waals surface area contributed by atoms with Crippen LogP contribution in [0.15, 0.2) is 12.1 Å². The standard InChI is InChI=1S/C13H18F2O/c1-8(2)9-5-6-10(14)11(12(9)15)13(3,4)7-16/h5-6,8,16H,7H2,1-4H3. The number of aliphatic hydroxyl groups excluding tert-OH is 1. The topological polar surface area (TPSA) is 20.2 Å². The summed E-state index contributed by atoms with van der Waals surface area (Å²) in [7, 11) is 0. The lowest BCUT2D eigenvalue weighted by Crippen LogP contribution is -2.26. The van der Waals surface area contributed by atoms with Crippen molar-refractivity contribution in [3.63, 3.8) is 0 Å². The lowest BCUT2D eigenvalue weighted by Gasteiger charge is -2.25. The first kappa shape index (κ1) is 13.1. The van der Waals surface area contributed by atoms with Crippen molar-refractivity contribution in [2.45, 2.75) is 39.0 Å². The van der Waals surface area contributed by atoms with Gasteiger partial charge in [-0.2, -0.15) is 0 Å². The molecule has 0 aromatic heterocycles. The Labute approximate surface area is 95.1 Å². The van der Waals surface area contributed by atoms with E-state index < -0.39 is 17.0 Å². The van der Waals surface area contributed by atoms with Crippen LogP contribution in [0.25, 0.3) is 0 Å². The molecule has 0 aliphatic heterocycles. The average Bonchev–Trinajstić information content (AvgIpc) is 2.16. The van der Waals surface area contributed by atoms with E-state index in [4.69, 9.17) is 0 Å². The zero-order valence-corrected chi connectivity index (χ0v) is 10.1. The van der Waals surface area contributed by atoms with Gasteiger partial charge in [-0.05, 0) is 17.5 Å². The maximum absolute atomic E-state index is 14.1. The van der Waals surface area contributed by atoms with Gasteiger partial charge in [0.25, 0.3) is 0 Å². The molecule has 90 valence electrons. The zero-order chi connectivity index (χ0) is 12.5. The summed E-state index contributed by atoms with van der Waals surface area (Å²) in [5.41, 5.74) is -0.446. The first-order chi connectivity index (χ1) is 7.31. The van der Waals surface area contributed by atoms with Crippen molar-refractivity contribution in [2.24, 2.45) is 0 Å². The number of hydrogen-bond acceptors (Lipinski definition) is 1. The largest absolute Gasteiger partial charge is 0.395 e. The molecule has 0 atom stereocenters. The molecular weight excluding hydrogens is 210 g/mol. The fraction of sp³-hybridized carbons (Fsp3) is 0.538. The van der Waals surface area contributed by atoms with Gasteiger partial charge >= 0.3 is 0 Å². The fourth-order valence-electron chi connectivity index (χ4n) is 1.71. The molecule has 3 heteroatoms. The van der Waals surface area contributed by atoms with E-state index in [9.17, 15) is 13.9 Å². The summed E-state index contributed by atoms with van der Waals surface area (Å²) in [6.45, 7) is 6.66. The zero-order valence-electron chi connectivity index (χ0n) is 10.1. The smallest absolute Gasteiger partial charge is 0.133 e. The van der Waals surface area contributed by atoms with Crippen molar-refractivity contribution in [2.75, 3.05) is 6.61 Å². The lowest BCUT2D eigenvalue weighted by atomic mass is 9.82. The molecule has 0 spiro atoms. The van der Waals surface area contributed by atoms with Gasteiger partial charge in [-0.15, -0.1) is 0 Å². The van der Waals surface area contributed by atoms with E-state index >= 15 is 0 Å². The number of rotatable bonds is 3. The summed E-state index contributed by atoms with van der Waals surface area (Å²) in [6, 6.07) is 2.73. The number of halogens is 2. The summed E-state index contributed by atoms with van der Waals surface area (Å²) in [6.07, 6.45) is 0. The van der Waals surface area contributed by atoms with Crippen molar-refractivity contribution < 1.29 is 13.9 Å². The molecule has 16 heavy (non-hydrogen) atoms. The first-order valence-electron chi connectivity index (χ1n) is 5.40. The molecule has 1 aromatic carbocycles. The highest BCUT2D eigenvalue weighted by molar-refractivity contribution is 5.34. The molecule has 1 aromatic rings. The van der Waals surface area contributed by atoms with Gasteiger partial charge in [0, 0.05) is 11.0 Å². The molecule has 1 rings (SSSR count). The molecule has 0 aliphatic carbocycles. The second kappa shape index (κ2) is 4.50. The Bertz CT molecular complexity index is 384. The molecule has 0 bridgehead atoms. The minimum Gasteiger partial charge on any atom is -0.395 e. The first-order valence-corrected chi connectivity index (χ1v) is 5.40. The van der Waals surface area contributed by atoms with Crippen LogP contribution >= 0.6 is 0 Å². The second-order valence-electron chi connectivity index (χ2n) is 5.02. The van der Waals surface area contributed by atoms with E-state index in [1.54, 1.807) is 13.8 Å². The lowest BCUT2D eigenvalue weighted by molar-refractivity contribution is 0.210. The molecule has 0 heterocycles. The highest BCUT2D eigenvalue weighted by Gasteiger charge is 2.29. The van der Waals surface area contributed by atoms with E-state index in [0.29, 0.717) is 5.56 Å². The maximum Gasteiger partial charge on any atom is 0.133 e. The fourth-order valence-corrected chi connectivity index (χ4v) is 1.71. The monoisotopic (exact) mass is 228 g/mol. The molecule has 0 saturated heterocycles. The third kappa shape index (κ3) is 2.24. The van der Waals surface area contributed by atoms with Crippen LogP contribution in [-0.2, 0) is 5.41 Å². The number of benzene rings is 1. The van der Waals surface area contributed by atoms with E-state index in [-0.39, 0.29) is 18.1 Å². The Morgan fingerprint density at radius 2 is 1.81 bits per heavy atom.